The molecule has 4 nitrogen and oxygen atoms in total. The van der Waals surface area contributed by atoms with Gasteiger partial charge in [-0.3, -0.25) is 9.69 Å². The molecule has 1 aromatic carbocycles. The van der Waals surface area contributed by atoms with Crippen LogP contribution in [0.4, 0.5) is 4.39 Å². The molecule has 1 aliphatic heterocycles. The summed E-state index contributed by atoms with van der Waals surface area (Å²) in [7, 11) is 0. The van der Waals surface area contributed by atoms with Crippen LogP contribution in [0.1, 0.15) is 10.4 Å². The zero-order valence-corrected chi connectivity index (χ0v) is 13.2. The van der Waals surface area contributed by atoms with E-state index in [4.69, 9.17) is 18.0 Å². The van der Waals surface area contributed by atoms with Gasteiger partial charge >= 0.3 is 0 Å². The summed E-state index contributed by atoms with van der Waals surface area (Å²) in [4.78, 5) is 16.5. The minimum absolute atomic E-state index is 0.107. The molecule has 0 atom stereocenters. The third kappa shape index (κ3) is 3.74. The highest BCUT2D eigenvalue weighted by molar-refractivity contribution is 9.10. The predicted molar refractivity (Wildman–Crippen MR) is 83.2 cm³/mol. The number of carbonyl (C=O) groups is 1. The second-order valence-electron chi connectivity index (χ2n) is 4.66. The molecule has 2 N–H and O–H groups in total. The molecular formula is C13H15BrFN3OS. The van der Waals surface area contributed by atoms with Crippen molar-refractivity contribution < 1.29 is 9.18 Å². The lowest BCUT2D eigenvalue weighted by atomic mass is 10.1. The topological polar surface area (TPSA) is 49.6 Å². The first kappa shape index (κ1) is 15.3. The van der Waals surface area contributed by atoms with Crippen molar-refractivity contribution in [2.75, 3.05) is 32.7 Å². The second-order valence-corrected chi connectivity index (χ2v) is 6.10. The molecule has 0 saturated carbocycles. The number of nitrogens with zero attached hydrogens (tertiary/aromatic N) is 2. The Morgan fingerprint density at radius 2 is 2.00 bits per heavy atom. The maximum Gasteiger partial charge on any atom is 0.256 e. The van der Waals surface area contributed by atoms with E-state index < -0.39 is 5.82 Å². The fraction of sp³-hybridized carbons (Fsp3) is 0.385. The molecule has 0 radical (unpaired) electrons. The van der Waals surface area contributed by atoms with Crippen LogP contribution >= 0.6 is 28.1 Å². The average molecular weight is 360 g/mol. The standard InChI is InChI=1S/C13H15BrFN3OS/c14-9-1-2-10(11(15)7-9)13(19)18-5-3-17(4-6-18)8-12(16)20/h1-2,7H,3-6,8H2,(H2,16,20). The zero-order chi connectivity index (χ0) is 14.7. The lowest BCUT2D eigenvalue weighted by molar-refractivity contribution is 0.0650. The highest BCUT2D eigenvalue weighted by Gasteiger charge is 2.24. The molecule has 0 aromatic heterocycles. The van der Waals surface area contributed by atoms with E-state index in [9.17, 15) is 9.18 Å². The van der Waals surface area contributed by atoms with Crippen LogP contribution in [0.25, 0.3) is 0 Å². The second kappa shape index (κ2) is 6.60. The lowest BCUT2D eigenvalue weighted by Crippen LogP contribution is -2.50. The minimum Gasteiger partial charge on any atom is -0.392 e. The normalized spacial score (nSPS) is 16.2. The van der Waals surface area contributed by atoms with Crippen molar-refractivity contribution in [1.82, 2.24) is 9.80 Å². The Hall–Kier alpha value is -1.05. The van der Waals surface area contributed by atoms with Gasteiger partial charge in [-0.15, -0.1) is 0 Å². The molecule has 1 aliphatic rings. The molecule has 0 spiro atoms. The first-order chi connectivity index (χ1) is 9.47. The Morgan fingerprint density at radius 3 is 2.55 bits per heavy atom. The van der Waals surface area contributed by atoms with E-state index in [1.807, 2.05) is 0 Å². The maximum atomic E-state index is 13.8. The molecular weight excluding hydrogens is 345 g/mol. The molecule has 1 saturated heterocycles. The smallest absolute Gasteiger partial charge is 0.256 e. The van der Waals surface area contributed by atoms with Crippen molar-refractivity contribution in [3.8, 4) is 0 Å². The summed E-state index contributed by atoms with van der Waals surface area (Å²) in [6.07, 6.45) is 0. The molecule has 0 bridgehead atoms. The minimum atomic E-state index is -0.505. The predicted octanol–water partition coefficient (Wildman–Crippen LogP) is 1.63. The van der Waals surface area contributed by atoms with Gasteiger partial charge in [0, 0.05) is 37.2 Å². The van der Waals surface area contributed by atoms with E-state index in [2.05, 4.69) is 20.8 Å². The molecule has 7 heteroatoms. The number of hydrogen-bond donors (Lipinski definition) is 1. The fourth-order valence-electron chi connectivity index (χ4n) is 2.16. The van der Waals surface area contributed by atoms with E-state index in [0.717, 1.165) is 0 Å². The molecule has 1 amide bonds. The summed E-state index contributed by atoms with van der Waals surface area (Å²) < 4.78 is 14.4. The highest BCUT2D eigenvalue weighted by Crippen LogP contribution is 2.17. The Bertz CT molecular complexity index is 532. The summed E-state index contributed by atoms with van der Waals surface area (Å²) in [5, 5.41) is 0. The largest absolute Gasteiger partial charge is 0.392 e. The van der Waals surface area contributed by atoms with Gasteiger partial charge in [-0.25, -0.2) is 4.39 Å². The Kier molecular flexibility index (Phi) is 5.06. The van der Waals surface area contributed by atoms with Crippen LogP contribution in [0.15, 0.2) is 22.7 Å². The fourth-order valence-corrected chi connectivity index (χ4v) is 2.68. The maximum absolute atomic E-state index is 13.8. The highest BCUT2D eigenvalue weighted by atomic mass is 79.9. The van der Waals surface area contributed by atoms with Crippen LogP contribution in [0, 0.1) is 5.82 Å². The molecule has 1 aromatic rings. The lowest BCUT2D eigenvalue weighted by Gasteiger charge is -2.34. The average Bonchev–Trinajstić information content (AvgIpc) is 2.38. The Morgan fingerprint density at radius 1 is 1.35 bits per heavy atom. The van der Waals surface area contributed by atoms with Gasteiger partial charge in [-0.1, -0.05) is 28.1 Å². The van der Waals surface area contributed by atoms with Crippen molar-refractivity contribution in [3.05, 3.63) is 34.1 Å². The van der Waals surface area contributed by atoms with E-state index in [0.29, 0.717) is 42.2 Å². The molecule has 0 unspecified atom stereocenters. The first-order valence-corrected chi connectivity index (χ1v) is 7.42. The number of thiocarbonyl (C=S) groups is 1. The van der Waals surface area contributed by atoms with Gasteiger partial charge in [0.15, 0.2) is 0 Å². The number of benzene rings is 1. The summed E-state index contributed by atoms with van der Waals surface area (Å²) in [6, 6.07) is 4.47. The van der Waals surface area contributed by atoms with Crippen molar-refractivity contribution in [1.29, 1.82) is 0 Å². The van der Waals surface area contributed by atoms with Crippen LogP contribution in [0.5, 0.6) is 0 Å². The van der Waals surface area contributed by atoms with Gasteiger partial charge in [-0.2, -0.15) is 0 Å². The van der Waals surface area contributed by atoms with E-state index in [-0.39, 0.29) is 11.5 Å². The Labute approximate surface area is 130 Å². The number of nitrogens with two attached hydrogens (primary N) is 1. The van der Waals surface area contributed by atoms with Gasteiger partial charge in [0.1, 0.15) is 5.82 Å². The number of rotatable bonds is 3. The summed E-state index contributed by atoms with van der Waals surface area (Å²) in [6.45, 7) is 3.06. The number of carbonyl (C=O) groups excluding carboxylic acids is 1. The Balaban J connectivity index is 1.99. The SMILES string of the molecule is NC(=S)CN1CCN(C(=O)c2ccc(Br)cc2F)CC1. The molecule has 0 aliphatic carbocycles. The van der Waals surface area contributed by atoms with Gasteiger partial charge in [0.25, 0.3) is 5.91 Å². The van der Waals surface area contributed by atoms with E-state index in [1.165, 1.54) is 12.1 Å². The zero-order valence-electron chi connectivity index (χ0n) is 10.8. The van der Waals surface area contributed by atoms with Gasteiger partial charge < -0.3 is 10.6 Å². The van der Waals surface area contributed by atoms with E-state index >= 15 is 0 Å². The van der Waals surface area contributed by atoms with Gasteiger partial charge in [0.05, 0.1) is 10.6 Å². The van der Waals surface area contributed by atoms with Crippen LogP contribution in [-0.2, 0) is 0 Å². The van der Waals surface area contributed by atoms with Crippen molar-refractivity contribution in [2.24, 2.45) is 5.73 Å². The van der Waals surface area contributed by atoms with Crippen LogP contribution in [0.2, 0.25) is 0 Å². The number of hydrogen-bond acceptors (Lipinski definition) is 3. The van der Waals surface area contributed by atoms with E-state index in [1.54, 1.807) is 11.0 Å². The molecule has 108 valence electrons. The van der Waals surface area contributed by atoms with Crippen molar-refractivity contribution in [2.45, 2.75) is 0 Å². The number of halogens is 2. The van der Waals surface area contributed by atoms with Crippen LogP contribution in [0.3, 0.4) is 0 Å². The summed E-state index contributed by atoms with van der Waals surface area (Å²) >= 11 is 8.04. The summed E-state index contributed by atoms with van der Waals surface area (Å²) in [5.41, 5.74) is 5.61. The quantitative estimate of drug-likeness (QED) is 0.833. The first-order valence-electron chi connectivity index (χ1n) is 6.22. The van der Waals surface area contributed by atoms with Crippen molar-refractivity contribution in [3.63, 3.8) is 0 Å². The van der Waals surface area contributed by atoms with Crippen LogP contribution in [-0.4, -0.2) is 53.4 Å². The van der Waals surface area contributed by atoms with Gasteiger partial charge in [0.2, 0.25) is 0 Å². The third-order valence-electron chi connectivity index (χ3n) is 3.20. The summed E-state index contributed by atoms with van der Waals surface area (Å²) in [5.74, 6) is -0.778. The third-order valence-corrected chi connectivity index (χ3v) is 3.82. The van der Waals surface area contributed by atoms with Gasteiger partial charge in [-0.05, 0) is 18.2 Å². The number of piperazine rings is 1. The molecule has 20 heavy (non-hydrogen) atoms. The molecule has 2 rings (SSSR count). The monoisotopic (exact) mass is 359 g/mol. The van der Waals surface area contributed by atoms with Crippen LogP contribution < -0.4 is 5.73 Å². The number of amides is 1. The molecule has 1 heterocycles. The molecule has 1 fully saturated rings. The van der Waals surface area contributed by atoms with Crippen molar-refractivity contribution >= 4 is 39.0 Å².